The van der Waals surface area contributed by atoms with Crippen molar-refractivity contribution in [1.82, 2.24) is 18.7 Å². The predicted molar refractivity (Wildman–Crippen MR) is 113 cm³/mol. The molecule has 0 aliphatic heterocycles. The first-order valence-corrected chi connectivity index (χ1v) is 9.77. The van der Waals surface area contributed by atoms with E-state index < -0.39 is 11.2 Å². The third-order valence-corrected chi connectivity index (χ3v) is 5.25. The van der Waals surface area contributed by atoms with Gasteiger partial charge in [0.05, 0.1) is 30.0 Å². The fourth-order valence-corrected chi connectivity index (χ4v) is 3.90. The second kappa shape index (κ2) is 8.71. The van der Waals surface area contributed by atoms with Crippen LogP contribution in [-0.4, -0.2) is 46.1 Å². The van der Waals surface area contributed by atoms with Crippen molar-refractivity contribution in [3.05, 3.63) is 54.9 Å². The van der Waals surface area contributed by atoms with Crippen LogP contribution < -0.4 is 11.2 Å². The highest BCUT2D eigenvalue weighted by Gasteiger charge is 2.25. The summed E-state index contributed by atoms with van der Waals surface area (Å²) in [6, 6.07) is 4.51. The van der Waals surface area contributed by atoms with E-state index in [0.717, 1.165) is 4.57 Å². The van der Waals surface area contributed by atoms with Crippen LogP contribution >= 0.6 is 23.2 Å². The minimum atomic E-state index is -0.547. The van der Waals surface area contributed by atoms with Gasteiger partial charge >= 0.3 is 5.69 Å². The Morgan fingerprint density at radius 2 is 1.79 bits per heavy atom. The van der Waals surface area contributed by atoms with Crippen LogP contribution in [0.25, 0.3) is 16.9 Å². The van der Waals surface area contributed by atoms with Crippen LogP contribution in [0.2, 0.25) is 10.0 Å². The summed E-state index contributed by atoms with van der Waals surface area (Å²) < 4.78 is 14.8. The lowest BCUT2D eigenvalue weighted by atomic mass is 10.3. The van der Waals surface area contributed by atoms with Crippen LogP contribution in [-0.2, 0) is 22.9 Å². The third kappa shape index (κ3) is 3.73. The average Bonchev–Trinajstić information content (AvgIpc) is 3.07. The predicted octanol–water partition coefficient (Wildman–Crippen LogP) is 2.59. The molecule has 29 heavy (non-hydrogen) atoms. The monoisotopic (exact) mass is 440 g/mol. The molecule has 0 atom stereocenters. The van der Waals surface area contributed by atoms with Crippen molar-refractivity contribution in [2.75, 3.05) is 27.4 Å². The van der Waals surface area contributed by atoms with Crippen molar-refractivity contribution in [3.63, 3.8) is 0 Å². The number of methoxy groups -OCH3 is 2. The molecule has 3 rings (SSSR count). The molecule has 0 radical (unpaired) electrons. The van der Waals surface area contributed by atoms with Gasteiger partial charge in [-0.3, -0.25) is 9.36 Å². The zero-order valence-corrected chi connectivity index (χ0v) is 18.1. The summed E-state index contributed by atoms with van der Waals surface area (Å²) in [4.78, 5) is 30.7. The Morgan fingerprint density at radius 3 is 2.34 bits per heavy atom. The van der Waals surface area contributed by atoms with E-state index in [1.807, 2.05) is 6.92 Å². The fourth-order valence-electron chi connectivity index (χ4n) is 3.41. The Labute approximate surface area is 177 Å². The van der Waals surface area contributed by atoms with Crippen LogP contribution in [0.3, 0.4) is 0 Å². The van der Waals surface area contributed by atoms with Gasteiger partial charge in [-0.1, -0.05) is 30.1 Å². The first kappa shape index (κ1) is 21.6. The molecule has 0 saturated carbocycles. The van der Waals surface area contributed by atoms with Crippen LogP contribution in [0.15, 0.2) is 27.8 Å². The van der Waals surface area contributed by atoms with E-state index in [-0.39, 0.29) is 22.2 Å². The standard InChI is InChI=1S/C19H22Cl2N4O4/c1-5-15-22-17-16(24(15)12(9-28-3)10-29-4)18(26)23(2)19(27)25(17)14-7-6-11(20)8-13(14)21/h6-8,12H,5,9-10H2,1-4H3. The lowest BCUT2D eigenvalue weighted by Crippen LogP contribution is -2.38. The Bertz CT molecular complexity index is 1160. The lowest BCUT2D eigenvalue weighted by molar-refractivity contribution is 0.0898. The molecule has 0 aliphatic rings. The zero-order valence-electron chi connectivity index (χ0n) is 16.6. The molecule has 10 heteroatoms. The number of imidazole rings is 1. The highest BCUT2D eigenvalue weighted by molar-refractivity contribution is 6.35. The Hall–Kier alpha value is -2.13. The number of hydrogen-bond acceptors (Lipinski definition) is 5. The quantitative estimate of drug-likeness (QED) is 0.563. The van der Waals surface area contributed by atoms with Gasteiger partial charge in [0.1, 0.15) is 5.82 Å². The molecule has 0 unspecified atom stereocenters. The van der Waals surface area contributed by atoms with Gasteiger partial charge in [0.25, 0.3) is 5.56 Å². The minimum Gasteiger partial charge on any atom is -0.382 e. The second-order valence-electron chi connectivity index (χ2n) is 6.57. The maximum atomic E-state index is 13.1. The van der Waals surface area contributed by atoms with Gasteiger partial charge in [0.15, 0.2) is 11.2 Å². The van der Waals surface area contributed by atoms with Gasteiger partial charge in [0, 0.05) is 32.7 Å². The molecule has 156 valence electrons. The van der Waals surface area contributed by atoms with Gasteiger partial charge in [-0.25, -0.2) is 14.3 Å². The molecule has 0 aliphatic carbocycles. The smallest absolute Gasteiger partial charge is 0.337 e. The summed E-state index contributed by atoms with van der Waals surface area (Å²) in [5.41, 5.74) is -0.0840. The van der Waals surface area contributed by atoms with Gasteiger partial charge in [-0.15, -0.1) is 0 Å². The number of rotatable bonds is 7. The summed E-state index contributed by atoms with van der Waals surface area (Å²) in [7, 11) is 4.58. The number of nitrogens with zero attached hydrogens (tertiary/aromatic N) is 4. The van der Waals surface area contributed by atoms with Crippen molar-refractivity contribution >= 4 is 34.4 Å². The van der Waals surface area contributed by atoms with Gasteiger partial charge in [-0.05, 0) is 18.2 Å². The van der Waals surface area contributed by atoms with Crippen LogP contribution in [0.4, 0.5) is 0 Å². The number of hydrogen-bond donors (Lipinski definition) is 0. The molecule has 8 nitrogen and oxygen atoms in total. The van der Waals surface area contributed by atoms with Crippen molar-refractivity contribution < 1.29 is 9.47 Å². The number of ether oxygens (including phenoxy) is 2. The molecule has 0 N–H and O–H groups in total. The van der Waals surface area contributed by atoms with E-state index in [4.69, 9.17) is 32.7 Å². The molecule has 0 spiro atoms. The largest absolute Gasteiger partial charge is 0.382 e. The molecular formula is C19H22Cl2N4O4. The number of benzene rings is 1. The topological polar surface area (TPSA) is 80.3 Å². The van der Waals surface area contributed by atoms with E-state index in [1.165, 1.54) is 17.7 Å². The first-order chi connectivity index (χ1) is 13.8. The van der Waals surface area contributed by atoms with Gasteiger partial charge in [-0.2, -0.15) is 0 Å². The van der Waals surface area contributed by atoms with E-state index in [9.17, 15) is 9.59 Å². The summed E-state index contributed by atoms with van der Waals surface area (Å²) >= 11 is 12.4. The maximum Gasteiger partial charge on any atom is 0.337 e. The normalized spacial score (nSPS) is 11.7. The highest BCUT2D eigenvalue weighted by atomic mass is 35.5. The van der Waals surface area contributed by atoms with Gasteiger partial charge < -0.3 is 14.0 Å². The maximum absolute atomic E-state index is 13.1. The van der Waals surface area contributed by atoms with Crippen molar-refractivity contribution in [1.29, 1.82) is 0 Å². The third-order valence-electron chi connectivity index (χ3n) is 4.71. The fraction of sp³-hybridized carbons (Fsp3) is 0.421. The number of aromatic nitrogens is 4. The Balaban J connectivity index is 2.47. The molecule has 1 aromatic carbocycles. The zero-order chi connectivity index (χ0) is 21.3. The molecule has 0 amide bonds. The summed E-state index contributed by atoms with van der Waals surface area (Å²) in [6.45, 7) is 2.56. The van der Waals surface area contributed by atoms with E-state index >= 15 is 0 Å². The molecular weight excluding hydrogens is 419 g/mol. The minimum absolute atomic E-state index is 0.233. The molecule has 0 fully saturated rings. The van der Waals surface area contributed by atoms with Crippen molar-refractivity contribution in [2.24, 2.45) is 7.05 Å². The van der Waals surface area contributed by atoms with E-state index in [2.05, 4.69) is 4.98 Å². The molecule has 2 aromatic heterocycles. The number of fused-ring (bicyclic) bond motifs is 1. The molecule has 2 heterocycles. The van der Waals surface area contributed by atoms with Crippen molar-refractivity contribution in [2.45, 2.75) is 19.4 Å². The summed E-state index contributed by atoms with van der Waals surface area (Å²) in [5, 5.41) is 0.713. The highest BCUT2D eigenvalue weighted by Crippen LogP contribution is 2.27. The van der Waals surface area contributed by atoms with E-state index in [1.54, 1.807) is 30.9 Å². The Kier molecular flexibility index (Phi) is 6.48. The second-order valence-corrected chi connectivity index (χ2v) is 7.41. The number of aryl methyl sites for hydroxylation is 1. The summed E-state index contributed by atoms with van der Waals surface area (Å²) in [6.07, 6.45) is 0.546. The Morgan fingerprint density at radius 1 is 1.14 bits per heavy atom. The van der Waals surface area contributed by atoms with Crippen LogP contribution in [0.5, 0.6) is 0 Å². The lowest BCUT2D eigenvalue weighted by Gasteiger charge is -2.20. The van der Waals surface area contributed by atoms with Crippen LogP contribution in [0, 0.1) is 0 Å². The molecule has 0 bridgehead atoms. The average molecular weight is 441 g/mol. The van der Waals surface area contributed by atoms with E-state index in [0.29, 0.717) is 36.2 Å². The first-order valence-electron chi connectivity index (χ1n) is 9.01. The SMILES string of the molecule is CCc1nc2c(c(=O)n(C)c(=O)n2-c2ccc(Cl)cc2Cl)n1C(COC)COC. The molecule has 0 saturated heterocycles. The van der Waals surface area contributed by atoms with Gasteiger partial charge in [0.2, 0.25) is 0 Å². The number of halogens is 2. The van der Waals surface area contributed by atoms with Crippen LogP contribution in [0.1, 0.15) is 18.8 Å². The van der Waals surface area contributed by atoms with Crippen molar-refractivity contribution in [3.8, 4) is 5.69 Å². The summed E-state index contributed by atoms with van der Waals surface area (Å²) in [5.74, 6) is 0.639. The molecule has 3 aromatic rings.